The molecule has 2 aromatic rings. The third kappa shape index (κ3) is 4.94. The van der Waals surface area contributed by atoms with E-state index in [1.54, 1.807) is 36.4 Å². The number of aliphatic hydroxyl groups is 1. The van der Waals surface area contributed by atoms with E-state index < -0.39 is 0 Å². The van der Waals surface area contributed by atoms with E-state index in [2.05, 4.69) is 15.6 Å². The van der Waals surface area contributed by atoms with Crippen LogP contribution in [0.4, 0.5) is 11.5 Å². The van der Waals surface area contributed by atoms with Gasteiger partial charge in [-0.2, -0.15) is 0 Å². The summed E-state index contributed by atoms with van der Waals surface area (Å²) in [6, 6.07) is 10.3. The molecule has 0 radical (unpaired) electrons. The molecule has 0 aliphatic rings. The molecule has 1 amide bonds. The number of pyridine rings is 1. The van der Waals surface area contributed by atoms with Crippen LogP contribution in [0.2, 0.25) is 5.02 Å². The second-order valence-electron chi connectivity index (χ2n) is 5.57. The number of carbonyl (C=O) groups excluding carboxylic acids is 1. The first-order valence-corrected chi connectivity index (χ1v) is 7.77. The molecule has 1 aromatic heterocycles. The van der Waals surface area contributed by atoms with Crippen LogP contribution in [0.5, 0.6) is 0 Å². The normalized spacial score (nSPS) is 12.0. The highest BCUT2D eigenvalue weighted by atomic mass is 35.5. The highest BCUT2D eigenvalue weighted by Gasteiger charge is 2.13. The number of amides is 1. The van der Waals surface area contributed by atoms with Crippen LogP contribution in [0, 0.1) is 5.92 Å². The third-order valence-corrected chi connectivity index (χ3v) is 3.68. The van der Waals surface area contributed by atoms with Gasteiger partial charge in [0, 0.05) is 16.9 Å². The first-order chi connectivity index (χ1) is 11.0. The first-order valence-electron chi connectivity index (χ1n) is 7.40. The Labute approximate surface area is 140 Å². The molecule has 0 unspecified atom stereocenters. The Morgan fingerprint density at radius 2 is 2.09 bits per heavy atom. The quantitative estimate of drug-likeness (QED) is 0.757. The standard InChI is InChI=1S/C17H20ClN3O2/c1-11(2)15(10-22)21-16-7-6-12(9-19-16)17(23)20-14-5-3-4-13(18)8-14/h3-9,11,15,22H,10H2,1-2H3,(H,19,21)(H,20,23)/t15-/m1/s1. The van der Waals surface area contributed by atoms with Gasteiger partial charge >= 0.3 is 0 Å². The van der Waals surface area contributed by atoms with Crippen LogP contribution in [0.1, 0.15) is 24.2 Å². The second kappa shape index (κ2) is 7.94. The number of hydrogen-bond donors (Lipinski definition) is 3. The van der Waals surface area contributed by atoms with Crippen LogP contribution in [0.25, 0.3) is 0 Å². The fraction of sp³-hybridized carbons (Fsp3) is 0.294. The minimum absolute atomic E-state index is 0.0242. The SMILES string of the molecule is CC(C)[C@@H](CO)Nc1ccc(C(=O)Nc2cccc(Cl)c2)cn1. The molecule has 1 aromatic carbocycles. The molecule has 0 bridgehead atoms. The zero-order chi connectivity index (χ0) is 16.8. The zero-order valence-corrected chi connectivity index (χ0v) is 13.8. The average Bonchev–Trinajstić information content (AvgIpc) is 2.52. The zero-order valence-electron chi connectivity index (χ0n) is 13.1. The molecule has 23 heavy (non-hydrogen) atoms. The lowest BCUT2D eigenvalue weighted by Crippen LogP contribution is -2.29. The molecule has 0 fully saturated rings. The third-order valence-electron chi connectivity index (χ3n) is 3.44. The van der Waals surface area contributed by atoms with Gasteiger partial charge in [0.2, 0.25) is 0 Å². The van der Waals surface area contributed by atoms with E-state index in [9.17, 15) is 9.90 Å². The van der Waals surface area contributed by atoms with Crippen molar-refractivity contribution in [3.63, 3.8) is 0 Å². The smallest absolute Gasteiger partial charge is 0.257 e. The monoisotopic (exact) mass is 333 g/mol. The Morgan fingerprint density at radius 1 is 1.30 bits per heavy atom. The number of rotatable bonds is 6. The number of aliphatic hydroxyl groups excluding tert-OH is 1. The maximum absolute atomic E-state index is 12.2. The van der Waals surface area contributed by atoms with Gasteiger partial charge in [-0.3, -0.25) is 4.79 Å². The van der Waals surface area contributed by atoms with Gasteiger partial charge in [-0.05, 0) is 36.2 Å². The molecule has 1 heterocycles. The van der Waals surface area contributed by atoms with Gasteiger partial charge < -0.3 is 15.7 Å². The molecular weight excluding hydrogens is 314 g/mol. The lowest BCUT2D eigenvalue weighted by atomic mass is 10.1. The van der Waals surface area contributed by atoms with Crippen LogP contribution in [0.15, 0.2) is 42.6 Å². The summed E-state index contributed by atoms with van der Waals surface area (Å²) >= 11 is 5.89. The van der Waals surface area contributed by atoms with Gasteiger partial charge in [0.1, 0.15) is 5.82 Å². The molecule has 0 aliphatic heterocycles. The van der Waals surface area contributed by atoms with E-state index in [1.807, 2.05) is 13.8 Å². The lowest BCUT2D eigenvalue weighted by Gasteiger charge is -2.20. The van der Waals surface area contributed by atoms with Crippen molar-refractivity contribution >= 4 is 29.0 Å². The Hall–Kier alpha value is -2.11. The largest absolute Gasteiger partial charge is 0.394 e. The Bertz CT molecular complexity index is 659. The van der Waals surface area contributed by atoms with E-state index in [0.29, 0.717) is 22.1 Å². The number of aromatic nitrogens is 1. The van der Waals surface area contributed by atoms with Gasteiger partial charge in [0.25, 0.3) is 5.91 Å². The highest BCUT2D eigenvalue weighted by molar-refractivity contribution is 6.30. The fourth-order valence-corrected chi connectivity index (χ4v) is 2.19. The van der Waals surface area contributed by atoms with Gasteiger partial charge in [0.15, 0.2) is 0 Å². The second-order valence-corrected chi connectivity index (χ2v) is 6.01. The minimum atomic E-state index is -0.256. The summed E-state index contributed by atoms with van der Waals surface area (Å²) < 4.78 is 0. The van der Waals surface area contributed by atoms with Crippen molar-refractivity contribution < 1.29 is 9.90 Å². The Kier molecular flexibility index (Phi) is 5.96. The van der Waals surface area contributed by atoms with Crippen LogP contribution < -0.4 is 10.6 Å². The van der Waals surface area contributed by atoms with Gasteiger partial charge in [-0.15, -0.1) is 0 Å². The average molecular weight is 334 g/mol. The van der Waals surface area contributed by atoms with E-state index >= 15 is 0 Å². The minimum Gasteiger partial charge on any atom is -0.394 e. The Morgan fingerprint density at radius 3 is 2.65 bits per heavy atom. The van der Waals surface area contributed by atoms with Crippen molar-refractivity contribution in [2.45, 2.75) is 19.9 Å². The predicted molar refractivity (Wildman–Crippen MR) is 93.0 cm³/mol. The highest BCUT2D eigenvalue weighted by Crippen LogP contribution is 2.16. The number of anilines is 2. The predicted octanol–water partition coefficient (Wildman–Crippen LogP) is 3.42. The number of halogens is 1. The first kappa shape index (κ1) is 17.2. The van der Waals surface area contributed by atoms with Crippen LogP contribution in [-0.2, 0) is 0 Å². The summed E-state index contributed by atoms with van der Waals surface area (Å²) in [5.74, 6) is 0.638. The number of hydrogen-bond acceptors (Lipinski definition) is 4. The fourth-order valence-electron chi connectivity index (χ4n) is 2.00. The summed E-state index contributed by atoms with van der Waals surface area (Å²) in [7, 11) is 0. The summed E-state index contributed by atoms with van der Waals surface area (Å²) in [5.41, 5.74) is 1.07. The molecule has 0 saturated heterocycles. The van der Waals surface area contributed by atoms with E-state index in [0.717, 1.165) is 0 Å². The van der Waals surface area contributed by atoms with Crippen LogP contribution in [0.3, 0.4) is 0 Å². The molecular formula is C17H20ClN3O2. The number of nitrogens with one attached hydrogen (secondary N) is 2. The van der Waals surface area contributed by atoms with Gasteiger partial charge in [0.05, 0.1) is 18.2 Å². The molecule has 5 nitrogen and oxygen atoms in total. The number of nitrogens with zero attached hydrogens (tertiary/aromatic N) is 1. The molecule has 1 atom stereocenters. The summed E-state index contributed by atoms with van der Waals surface area (Å²) in [6.07, 6.45) is 1.50. The van der Waals surface area contributed by atoms with Crippen LogP contribution >= 0.6 is 11.6 Å². The summed E-state index contributed by atoms with van der Waals surface area (Å²) in [4.78, 5) is 16.4. The summed E-state index contributed by atoms with van der Waals surface area (Å²) in [5, 5.41) is 15.8. The summed E-state index contributed by atoms with van der Waals surface area (Å²) in [6.45, 7) is 4.05. The molecule has 0 saturated carbocycles. The number of benzene rings is 1. The topological polar surface area (TPSA) is 74.2 Å². The maximum Gasteiger partial charge on any atom is 0.257 e. The van der Waals surface area contributed by atoms with Gasteiger partial charge in [-0.1, -0.05) is 31.5 Å². The van der Waals surface area contributed by atoms with Crippen molar-refractivity contribution in [3.05, 3.63) is 53.2 Å². The van der Waals surface area contributed by atoms with Crippen molar-refractivity contribution in [2.24, 2.45) is 5.92 Å². The van der Waals surface area contributed by atoms with Crippen LogP contribution in [-0.4, -0.2) is 28.6 Å². The molecule has 0 aliphatic carbocycles. The lowest BCUT2D eigenvalue weighted by molar-refractivity contribution is 0.102. The number of carbonyl (C=O) groups is 1. The van der Waals surface area contributed by atoms with Crippen molar-refractivity contribution in [1.82, 2.24) is 4.98 Å². The molecule has 122 valence electrons. The van der Waals surface area contributed by atoms with Crippen molar-refractivity contribution in [2.75, 3.05) is 17.2 Å². The molecule has 3 N–H and O–H groups in total. The van der Waals surface area contributed by atoms with Crippen molar-refractivity contribution in [1.29, 1.82) is 0 Å². The van der Waals surface area contributed by atoms with E-state index in [-0.39, 0.29) is 24.5 Å². The maximum atomic E-state index is 12.2. The Balaban J connectivity index is 2.02. The van der Waals surface area contributed by atoms with E-state index in [1.165, 1.54) is 6.20 Å². The van der Waals surface area contributed by atoms with E-state index in [4.69, 9.17) is 11.6 Å². The van der Waals surface area contributed by atoms with Gasteiger partial charge in [-0.25, -0.2) is 4.98 Å². The van der Waals surface area contributed by atoms with Crippen molar-refractivity contribution in [3.8, 4) is 0 Å². The molecule has 6 heteroatoms. The molecule has 2 rings (SSSR count). The molecule has 0 spiro atoms.